The molecular weight excluding hydrogens is 472 g/mol. The van der Waals surface area contributed by atoms with Crippen LogP contribution in [0.1, 0.15) is 123 Å². The molecule has 1 aliphatic carbocycles. The van der Waals surface area contributed by atoms with E-state index in [-0.39, 0.29) is 11.9 Å². The fourth-order valence-corrected chi connectivity index (χ4v) is 5.38. The fourth-order valence-electron chi connectivity index (χ4n) is 5.38. The van der Waals surface area contributed by atoms with Gasteiger partial charge in [0.05, 0.1) is 24.9 Å². The number of esters is 1. The zero-order valence-electron chi connectivity index (χ0n) is 24.0. The van der Waals surface area contributed by atoms with Gasteiger partial charge in [0.15, 0.2) is 11.6 Å². The van der Waals surface area contributed by atoms with E-state index in [2.05, 4.69) is 23.8 Å². The first-order valence-corrected chi connectivity index (χ1v) is 15.5. The van der Waals surface area contributed by atoms with Crippen molar-refractivity contribution in [1.29, 1.82) is 0 Å². The molecule has 0 bridgehead atoms. The maximum atomic E-state index is 12.7. The number of hydrogen-bond acceptors (Lipinski definition) is 5. The van der Waals surface area contributed by atoms with Crippen LogP contribution in [0.4, 0.5) is 0 Å². The topological polar surface area (TPSA) is 61.3 Å². The average Bonchev–Trinajstić information content (AvgIpc) is 2.95. The first-order valence-electron chi connectivity index (χ1n) is 15.5. The quantitative estimate of drug-likeness (QED) is 0.111. The van der Waals surface area contributed by atoms with Crippen LogP contribution in [0, 0.1) is 11.8 Å². The lowest BCUT2D eigenvalue weighted by Crippen LogP contribution is -2.25. The maximum absolute atomic E-state index is 12.7. The standard InChI is InChI=1S/C33H50N2O3/c1-3-5-7-8-9-10-11-12-14-24-37-31-25-34-32(35-26-31)28-20-22-30(23-21-28)38-33(36)29-18-16-27(17-19-29)15-13-6-4-2/h20-23,25-27,29H,3-19,24H2,1-2H3/t27-,29-. The zero-order valence-corrected chi connectivity index (χ0v) is 24.0. The summed E-state index contributed by atoms with van der Waals surface area (Å²) in [6.45, 7) is 5.22. The highest BCUT2D eigenvalue weighted by Crippen LogP contribution is 2.33. The first kappa shape index (κ1) is 30.1. The van der Waals surface area contributed by atoms with Crippen molar-refractivity contribution in [3.05, 3.63) is 36.7 Å². The molecule has 0 aliphatic heterocycles. The molecule has 5 nitrogen and oxygen atoms in total. The smallest absolute Gasteiger partial charge is 0.314 e. The van der Waals surface area contributed by atoms with Crippen LogP contribution in [0.5, 0.6) is 11.5 Å². The third kappa shape index (κ3) is 11.1. The van der Waals surface area contributed by atoms with Crippen molar-refractivity contribution in [3.8, 4) is 22.9 Å². The third-order valence-electron chi connectivity index (χ3n) is 7.87. The predicted molar refractivity (Wildman–Crippen MR) is 155 cm³/mol. The van der Waals surface area contributed by atoms with Gasteiger partial charge in [0, 0.05) is 5.56 Å². The number of hydrogen-bond donors (Lipinski definition) is 0. The van der Waals surface area contributed by atoms with Crippen molar-refractivity contribution in [3.63, 3.8) is 0 Å². The Morgan fingerprint density at radius 2 is 1.32 bits per heavy atom. The Kier molecular flexibility index (Phi) is 14.2. The summed E-state index contributed by atoms with van der Waals surface area (Å²) in [7, 11) is 0. The summed E-state index contributed by atoms with van der Waals surface area (Å²) in [5, 5.41) is 0. The van der Waals surface area contributed by atoms with Gasteiger partial charge in [0.2, 0.25) is 0 Å². The van der Waals surface area contributed by atoms with Gasteiger partial charge in [-0.25, -0.2) is 9.97 Å². The number of benzene rings is 1. The van der Waals surface area contributed by atoms with Crippen LogP contribution in [0.25, 0.3) is 11.4 Å². The molecule has 0 radical (unpaired) electrons. The summed E-state index contributed by atoms with van der Waals surface area (Å²) >= 11 is 0. The molecule has 1 saturated carbocycles. The number of carbonyl (C=O) groups excluding carboxylic acids is 1. The second-order valence-electron chi connectivity index (χ2n) is 11.1. The Morgan fingerprint density at radius 1 is 0.737 bits per heavy atom. The summed E-state index contributed by atoms with van der Waals surface area (Å²) in [5.74, 6) is 2.66. The van der Waals surface area contributed by atoms with E-state index < -0.39 is 0 Å². The number of nitrogens with zero attached hydrogens (tertiary/aromatic N) is 2. The van der Waals surface area contributed by atoms with Gasteiger partial charge in [0.25, 0.3) is 0 Å². The summed E-state index contributed by atoms with van der Waals surface area (Å²) in [6, 6.07) is 7.49. The molecule has 38 heavy (non-hydrogen) atoms. The molecule has 1 heterocycles. The first-order chi connectivity index (χ1) is 18.7. The molecule has 5 heteroatoms. The largest absolute Gasteiger partial charge is 0.490 e. The normalized spacial score (nSPS) is 17.3. The Bertz CT molecular complexity index is 889. The third-order valence-corrected chi connectivity index (χ3v) is 7.87. The Hall–Kier alpha value is -2.43. The van der Waals surface area contributed by atoms with Gasteiger partial charge < -0.3 is 9.47 Å². The van der Waals surface area contributed by atoms with Crippen LogP contribution in [-0.2, 0) is 4.79 Å². The molecule has 2 aromatic rings. The molecule has 1 aromatic carbocycles. The molecule has 0 spiro atoms. The molecule has 1 aliphatic rings. The average molecular weight is 523 g/mol. The lowest BCUT2D eigenvalue weighted by Gasteiger charge is -2.27. The molecule has 3 rings (SSSR count). The van der Waals surface area contributed by atoms with Gasteiger partial charge in [0.1, 0.15) is 5.75 Å². The van der Waals surface area contributed by atoms with Gasteiger partial charge in [-0.1, -0.05) is 90.9 Å². The second-order valence-corrected chi connectivity index (χ2v) is 11.1. The van der Waals surface area contributed by atoms with Crippen molar-refractivity contribution in [1.82, 2.24) is 9.97 Å². The minimum Gasteiger partial charge on any atom is -0.490 e. The summed E-state index contributed by atoms with van der Waals surface area (Å²) in [4.78, 5) is 21.6. The molecule has 0 saturated heterocycles. The Morgan fingerprint density at radius 3 is 1.95 bits per heavy atom. The number of unbranched alkanes of at least 4 members (excludes halogenated alkanes) is 10. The number of carbonyl (C=O) groups is 1. The van der Waals surface area contributed by atoms with E-state index in [1.807, 2.05) is 24.3 Å². The lowest BCUT2D eigenvalue weighted by atomic mass is 9.80. The SMILES string of the molecule is CCCCCCCCCCCOc1cnc(-c2ccc(OC(=O)[C@H]3CC[C@H](CCCCC)CC3)cc2)nc1. The Balaban J connectivity index is 1.32. The van der Waals surface area contributed by atoms with Crippen LogP contribution < -0.4 is 9.47 Å². The highest BCUT2D eigenvalue weighted by Gasteiger charge is 2.27. The molecule has 0 N–H and O–H groups in total. The monoisotopic (exact) mass is 522 g/mol. The van der Waals surface area contributed by atoms with E-state index in [1.165, 1.54) is 77.0 Å². The zero-order chi connectivity index (χ0) is 26.8. The van der Waals surface area contributed by atoms with Gasteiger partial charge in [-0.3, -0.25) is 4.79 Å². The molecule has 1 fully saturated rings. The lowest BCUT2D eigenvalue weighted by molar-refractivity contribution is -0.140. The van der Waals surface area contributed by atoms with Crippen molar-refractivity contribution in [2.24, 2.45) is 11.8 Å². The fraction of sp³-hybridized carbons (Fsp3) is 0.667. The van der Waals surface area contributed by atoms with Crippen LogP contribution in [0.2, 0.25) is 0 Å². The molecular formula is C33H50N2O3. The minimum absolute atomic E-state index is 0.0310. The van der Waals surface area contributed by atoms with Gasteiger partial charge >= 0.3 is 5.97 Å². The highest BCUT2D eigenvalue weighted by atomic mass is 16.5. The van der Waals surface area contributed by atoms with E-state index in [1.54, 1.807) is 12.4 Å². The highest BCUT2D eigenvalue weighted by molar-refractivity contribution is 5.75. The second kappa shape index (κ2) is 18.0. The van der Waals surface area contributed by atoms with E-state index in [0.29, 0.717) is 23.9 Å². The summed E-state index contributed by atoms with van der Waals surface area (Å²) in [5.41, 5.74) is 0.892. The van der Waals surface area contributed by atoms with Crippen LogP contribution in [-0.4, -0.2) is 22.5 Å². The van der Waals surface area contributed by atoms with Gasteiger partial charge in [-0.05, 0) is 62.3 Å². The number of ether oxygens (including phenoxy) is 2. The molecule has 0 atom stereocenters. The van der Waals surface area contributed by atoms with Crippen LogP contribution in [0.15, 0.2) is 36.7 Å². The Labute approximate surface area is 231 Å². The van der Waals surface area contributed by atoms with Crippen molar-refractivity contribution in [2.45, 2.75) is 123 Å². The summed E-state index contributed by atoms with van der Waals surface area (Å²) < 4.78 is 11.5. The molecule has 0 amide bonds. The van der Waals surface area contributed by atoms with Crippen LogP contribution >= 0.6 is 0 Å². The van der Waals surface area contributed by atoms with E-state index in [9.17, 15) is 4.79 Å². The molecule has 1 aromatic heterocycles. The van der Waals surface area contributed by atoms with E-state index in [0.717, 1.165) is 43.6 Å². The van der Waals surface area contributed by atoms with Gasteiger partial charge in [-0.15, -0.1) is 0 Å². The number of rotatable bonds is 18. The number of aromatic nitrogens is 2. The van der Waals surface area contributed by atoms with Crippen LogP contribution in [0.3, 0.4) is 0 Å². The van der Waals surface area contributed by atoms with Crippen molar-refractivity contribution >= 4 is 5.97 Å². The maximum Gasteiger partial charge on any atom is 0.314 e. The van der Waals surface area contributed by atoms with Crippen molar-refractivity contribution in [2.75, 3.05) is 6.61 Å². The van der Waals surface area contributed by atoms with E-state index >= 15 is 0 Å². The summed E-state index contributed by atoms with van der Waals surface area (Å²) in [6.07, 6.45) is 24.6. The predicted octanol–water partition coefficient (Wildman–Crippen LogP) is 9.35. The molecule has 0 unspecified atom stereocenters. The minimum atomic E-state index is -0.0884. The van der Waals surface area contributed by atoms with Crippen molar-refractivity contribution < 1.29 is 14.3 Å². The van der Waals surface area contributed by atoms with E-state index in [4.69, 9.17) is 9.47 Å². The van der Waals surface area contributed by atoms with Gasteiger partial charge in [-0.2, -0.15) is 0 Å². The molecule has 210 valence electrons.